The third-order valence-electron chi connectivity index (χ3n) is 8.63. The molecule has 0 radical (unpaired) electrons. The molecule has 1 aliphatic heterocycles. The van der Waals surface area contributed by atoms with Gasteiger partial charge in [0.1, 0.15) is 0 Å². The van der Waals surface area contributed by atoms with Crippen molar-refractivity contribution >= 4 is 27.3 Å². The third kappa shape index (κ3) is 6.75. The Morgan fingerprint density at radius 3 is 2.16 bits per heavy atom. The molecule has 2 N–H and O–H groups in total. The van der Waals surface area contributed by atoms with Crippen LogP contribution in [0.25, 0.3) is 0 Å². The molecule has 1 heterocycles. The van der Waals surface area contributed by atoms with Crippen molar-refractivity contribution in [3.05, 3.63) is 88.5 Å². The Hall–Kier alpha value is -3.37. The number of rotatable bonds is 7. The van der Waals surface area contributed by atoms with Crippen molar-refractivity contribution in [1.29, 1.82) is 0 Å². The zero-order valence-electron chi connectivity index (χ0n) is 24.7. The van der Waals surface area contributed by atoms with Crippen LogP contribution in [0.15, 0.2) is 65.6 Å². The van der Waals surface area contributed by atoms with Gasteiger partial charge in [-0.05, 0) is 93.5 Å². The molecule has 0 bridgehead atoms. The van der Waals surface area contributed by atoms with E-state index in [0.717, 1.165) is 30.2 Å². The minimum Gasteiger partial charge on any atom is -0.382 e. The fourth-order valence-electron chi connectivity index (χ4n) is 6.44. The highest BCUT2D eigenvalue weighted by molar-refractivity contribution is 7.89. The lowest BCUT2D eigenvalue weighted by molar-refractivity contribution is -0.138. The summed E-state index contributed by atoms with van der Waals surface area (Å²) in [5.41, 5.74) is 2.38. The molecule has 1 saturated carbocycles. The monoisotopic (exact) mass is 613 g/mol. The molecule has 2 fully saturated rings. The number of piperidine rings is 1. The van der Waals surface area contributed by atoms with Crippen LogP contribution in [-0.2, 0) is 21.0 Å². The number of carbonyl (C=O) groups excluding carboxylic acids is 1. The smallest absolute Gasteiger partial charge is 0.382 e. The van der Waals surface area contributed by atoms with Crippen molar-refractivity contribution in [1.82, 2.24) is 4.31 Å². The molecule has 1 saturated heterocycles. The van der Waals surface area contributed by atoms with Crippen molar-refractivity contribution in [3.63, 3.8) is 0 Å². The first-order valence-electron chi connectivity index (χ1n) is 14.8. The maximum Gasteiger partial charge on any atom is 0.416 e. The summed E-state index contributed by atoms with van der Waals surface area (Å²) in [6, 6.07) is 15.9. The number of nitrogens with one attached hydrogen (secondary N) is 2. The van der Waals surface area contributed by atoms with E-state index in [0.29, 0.717) is 30.0 Å². The average Bonchev–Trinajstić information content (AvgIpc) is 3.46. The van der Waals surface area contributed by atoms with Crippen molar-refractivity contribution in [2.24, 2.45) is 5.92 Å². The summed E-state index contributed by atoms with van der Waals surface area (Å²) < 4.78 is 70.5. The molecule has 1 amide bonds. The molecule has 0 aromatic heterocycles. The van der Waals surface area contributed by atoms with E-state index in [1.165, 1.54) is 36.2 Å². The number of nitrogens with zero attached hydrogens (tertiary/aromatic N) is 1. The molecular formula is C33H38F3N3O3S. The van der Waals surface area contributed by atoms with Gasteiger partial charge in [-0.1, -0.05) is 48.7 Å². The van der Waals surface area contributed by atoms with Gasteiger partial charge in [-0.2, -0.15) is 17.5 Å². The first kappa shape index (κ1) is 31.1. The van der Waals surface area contributed by atoms with E-state index in [-0.39, 0.29) is 22.7 Å². The SMILES string of the molecule is Cc1ccc(S(=O)(=O)N2CCC[C@H](C(=O)Nc3ccc(C)c(C(F)(F)F)c3)[C@@H]2c2ccc(NC3CCCC3)cc2)c(C)c1. The van der Waals surface area contributed by atoms with Gasteiger partial charge in [0.05, 0.1) is 22.4 Å². The Morgan fingerprint density at radius 2 is 1.51 bits per heavy atom. The minimum absolute atomic E-state index is 0.0205. The molecule has 0 unspecified atom stereocenters. The van der Waals surface area contributed by atoms with Crippen LogP contribution in [0.2, 0.25) is 0 Å². The van der Waals surface area contributed by atoms with Gasteiger partial charge in [0.15, 0.2) is 0 Å². The highest BCUT2D eigenvalue weighted by Crippen LogP contribution is 2.42. The van der Waals surface area contributed by atoms with Crippen LogP contribution >= 0.6 is 0 Å². The molecule has 230 valence electrons. The van der Waals surface area contributed by atoms with Crippen molar-refractivity contribution in [3.8, 4) is 0 Å². The molecule has 5 rings (SSSR count). The summed E-state index contributed by atoms with van der Waals surface area (Å²) in [5, 5.41) is 6.21. The fraction of sp³-hybridized carbons (Fsp3) is 0.424. The highest BCUT2D eigenvalue weighted by Gasteiger charge is 2.43. The van der Waals surface area contributed by atoms with E-state index in [2.05, 4.69) is 10.6 Å². The van der Waals surface area contributed by atoms with Gasteiger partial charge < -0.3 is 10.6 Å². The molecule has 0 spiro atoms. The number of benzene rings is 3. The Kier molecular flexibility index (Phi) is 8.90. The van der Waals surface area contributed by atoms with Crippen LogP contribution in [0.4, 0.5) is 24.5 Å². The van der Waals surface area contributed by atoms with Gasteiger partial charge in [0.2, 0.25) is 15.9 Å². The Balaban J connectivity index is 1.51. The number of sulfonamides is 1. The molecular weight excluding hydrogens is 575 g/mol. The number of halogens is 3. The second-order valence-electron chi connectivity index (χ2n) is 11.8. The number of alkyl halides is 3. The minimum atomic E-state index is -4.57. The highest BCUT2D eigenvalue weighted by atomic mass is 32.2. The van der Waals surface area contributed by atoms with Gasteiger partial charge in [-0.15, -0.1) is 0 Å². The first-order valence-corrected chi connectivity index (χ1v) is 16.2. The summed E-state index contributed by atoms with van der Waals surface area (Å²) in [7, 11) is -4.02. The van der Waals surface area contributed by atoms with Gasteiger partial charge in [-0.25, -0.2) is 8.42 Å². The van der Waals surface area contributed by atoms with Gasteiger partial charge >= 0.3 is 6.18 Å². The second-order valence-corrected chi connectivity index (χ2v) is 13.7. The molecule has 3 aromatic rings. The average molecular weight is 614 g/mol. The van der Waals surface area contributed by atoms with Crippen molar-refractivity contribution in [2.45, 2.75) is 82.5 Å². The van der Waals surface area contributed by atoms with E-state index in [9.17, 15) is 26.4 Å². The summed E-state index contributed by atoms with van der Waals surface area (Å²) in [5.74, 6) is -1.34. The maximum absolute atomic E-state index is 14.2. The Bertz CT molecular complexity index is 1580. The van der Waals surface area contributed by atoms with Crippen LogP contribution < -0.4 is 10.6 Å². The number of hydrogen-bond acceptors (Lipinski definition) is 4. The van der Waals surface area contributed by atoms with Crippen LogP contribution in [0.1, 0.15) is 72.4 Å². The number of aryl methyl sites for hydroxylation is 3. The summed E-state index contributed by atoms with van der Waals surface area (Å²) in [4.78, 5) is 14.0. The Morgan fingerprint density at radius 1 is 0.837 bits per heavy atom. The topological polar surface area (TPSA) is 78.5 Å². The fourth-order valence-corrected chi connectivity index (χ4v) is 8.34. The normalized spacial score (nSPS) is 20.2. The van der Waals surface area contributed by atoms with E-state index >= 15 is 0 Å². The summed E-state index contributed by atoms with van der Waals surface area (Å²) in [6.45, 7) is 5.23. The molecule has 3 aromatic carbocycles. The van der Waals surface area contributed by atoms with Gasteiger partial charge in [0, 0.05) is 24.0 Å². The molecule has 1 aliphatic carbocycles. The largest absolute Gasteiger partial charge is 0.416 e. The third-order valence-corrected chi connectivity index (χ3v) is 10.7. The van der Waals surface area contributed by atoms with E-state index in [1.54, 1.807) is 19.1 Å². The lowest BCUT2D eigenvalue weighted by Crippen LogP contribution is -2.46. The number of hydrogen-bond donors (Lipinski definition) is 2. The molecule has 2 atom stereocenters. The van der Waals surface area contributed by atoms with Gasteiger partial charge in [-0.3, -0.25) is 4.79 Å². The molecule has 43 heavy (non-hydrogen) atoms. The van der Waals surface area contributed by atoms with E-state index in [1.807, 2.05) is 37.3 Å². The van der Waals surface area contributed by atoms with Crippen LogP contribution in [0.5, 0.6) is 0 Å². The van der Waals surface area contributed by atoms with Crippen molar-refractivity contribution < 1.29 is 26.4 Å². The number of amides is 1. The molecule has 10 heteroatoms. The van der Waals surface area contributed by atoms with Crippen LogP contribution in [0.3, 0.4) is 0 Å². The predicted octanol–water partition coefficient (Wildman–Crippen LogP) is 7.77. The second kappa shape index (κ2) is 12.3. The zero-order chi connectivity index (χ0) is 30.9. The summed E-state index contributed by atoms with van der Waals surface area (Å²) >= 11 is 0. The van der Waals surface area contributed by atoms with Gasteiger partial charge in [0.25, 0.3) is 0 Å². The van der Waals surface area contributed by atoms with Crippen LogP contribution in [-0.4, -0.2) is 31.2 Å². The van der Waals surface area contributed by atoms with Crippen molar-refractivity contribution in [2.75, 3.05) is 17.2 Å². The molecule has 2 aliphatic rings. The van der Waals surface area contributed by atoms with E-state index < -0.39 is 39.6 Å². The number of anilines is 2. The quantitative estimate of drug-likeness (QED) is 0.286. The lowest BCUT2D eigenvalue weighted by Gasteiger charge is -2.40. The summed E-state index contributed by atoms with van der Waals surface area (Å²) in [6.07, 6.45) is 0.824. The first-order chi connectivity index (χ1) is 20.3. The predicted molar refractivity (Wildman–Crippen MR) is 162 cm³/mol. The van der Waals surface area contributed by atoms with Crippen LogP contribution in [0, 0.1) is 26.7 Å². The molecule has 6 nitrogen and oxygen atoms in total. The lowest BCUT2D eigenvalue weighted by atomic mass is 9.85. The number of carbonyl (C=O) groups is 1. The standard InChI is InChI=1S/C33H38F3N3O3S/c1-21-10-17-30(23(3)19-21)43(41,42)39-18-6-9-28(32(40)38-27-14-11-22(2)29(20-27)33(34,35)36)31(39)24-12-15-26(16-13-24)37-25-7-4-5-8-25/h10-17,19-20,25,28,31,37H,4-9,18H2,1-3H3,(H,38,40)/t28-,31-/m0/s1. The Labute approximate surface area is 251 Å². The van der Waals surface area contributed by atoms with E-state index in [4.69, 9.17) is 0 Å². The zero-order valence-corrected chi connectivity index (χ0v) is 25.5. The maximum atomic E-state index is 14.2.